The molecule has 17 heavy (non-hydrogen) atoms. The van der Waals surface area contributed by atoms with E-state index in [-0.39, 0.29) is 18.7 Å². The van der Waals surface area contributed by atoms with E-state index in [1.165, 1.54) is 11.3 Å². The van der Waals surface area contributed by atoms with Crippen molar-refractivity contribution < 1.29 is 18.3 Å². The van der Waals surface area contributed by atoms with Crippen molar-refractivity contribution in [3.8, 4) is 0 Å². The van der Waals surface area contributed by atoms with Crippen LogP contribution in [-0.2, 0) is 21.2 Å². The van der Waals surface area contributed by atoms with Crippen LogP contribution in [0.2, 0.25) is 0 Å². The van der Waals surface area contributed by atoms with E-state index in [1.54, 1.807) is 5.38 Å². The van der Waals surface area contributed by atoms with Gasteiger partial charge >= 0.3 is 5.97 Å². The second-order valence-electron chi connectivity index (χ2n) is 3.33. The van der Waals surface area contributed by atoms with E-state index in [4.69, 9.17) is 10.2 Å². The Morgan fingerprint density at radius 1 is 1.59 bits per heavy atom. The largest absolute Gasteiger partial charge is 0.481 e. The summed E-state index contributed by atoms with van der Waals surface area (Å²) in [6.07, 6.45) is 0.392. The standard InChI is InChI=1S/C8H13N3O4S2/c9-17(14,15)4-3-10-8-11-6(5-16-8)1-2-7(12)13/h5H,1-4H2,(H,10,11)(H,12,13)(H2,9,14,15). The maximum absolute atomic E-state index is 10.7. The van der Waals surface area contributed by atoms with Crippen LogP contribution in [0.4, 0.5) is 5.13 Å². The van der Waals surface area contributed by atoms with Crippen molar-refractivity contribution in [1.82, 2.24) is 4.98 Å². The SMILES string of the molecule is NS(=O)(=O)CCNc1nc(CCC(=O)O)cs1. The number of nitrogens with zero attached hydrogens (tertiary/aromatic N) is 1. The molecule has 1 aromatic rings. The molecule has 0 unspecified atom stereocenters. The fraction of sp³-hybridized carbons (Fsp3) is 0.500. The van der Waals surface area contributed by atoms with E-state index < -0.39 is 16.0 Å². The molecule has 7 nitrogen and oxygen atoms in total. The van der Waals surface area contributed by atoms with Gasteiger partial charge in [-0.2, -0.15) is 0 Å². The van der Waals surface area contributed by atoms with Crippen molar-refractivity contribution in [3.05, 3.63) is 11.1 Å². The van der Waals surface area contributed by atoms with Gasteiger partial charge in [-0.1, -0.05) is 0 Å². The molecule has 0 aliphatic rings. The molecule has 0 saturated heterocycles. The molecule has 0 saturated carbocycles. The first-order chi connectivity index (χ1) is 7.87. The molecule has 0 radical (unpaired) electrons. The maximum atomic E-state index is 10.7. The summed E-state index contributed by atoms with van der Waals surface area (Å²) in [5, 5.41) is 18.4. The Kier molecular flexibility index (Phi) is 4.85. The minimum absolute atomic E-state index is 0.0281. The molecule has 0 fully saturated rings. The quantitative estimate of drug-likeness (QED) is 0.638. The van der Waals surface area contributed by atoms with Gasteiger partial charge in [-0.3, -0.25) is 4.79 Å². The number of thiazole rings is 1. The number of rotatable bonds is 7. The Hall–Kier alpha value is -1.19. The summed E-state index contributed by atoms with van der Waals surface area (Å²) < 4.78 is 21.3. The molecule has 0 aliphatic heterocycles. The first-order valence-corrected chi connectivity index (χ1v) is 7.37. The van der Waals surface area contributed by atoms with E-state index in [0.29, 0.717) is 17.2 Å². The number of hydrogen-bond acceptors (Lipinski definition) is 6. The minimum atomic E-state index is -3.47. The summed E-state index contributed by atoms with van der Waals surface area (Å²) in [5.74, 6) is -1.04. The first-order valence-electron chi connectivity index (χ1n) is 4.77. The normalized spacial score (nSPS) is 11.4. The summed E-state index contributed by atoms with van der Waals surface area (Å²) >= 11 is 1.30. The van der Waals surface area contributed by atoms with Gasteiger partial charge in [0.25, 0.3) is 0 Å². The Bertz CT molecular complexity index is 483. The number of carboxylic acids is 1. The molecule has 1 heterocycles. The number of carboxylic acid groups (broad SMARTS) is 1. The van der Waals surface area contributed by atoms with Crippen LogP contribution >= 0.6 is 11.3 Å². The summed E-state index contributed by atoms with van der Waals surface area (Å²) in [6, 6.07) is 0. The van der Waals surface area contributed by atoms with Gasteiger partial charge in [0.2, 0.25) is 10.0 Å². The number of nitrogens with two attached hydrogens (primary N) is 1. The molecule has 0 amide bonds. The minimum Gasteiger partial charge on any atom is -0.481 e. The van der Waals surface area contributed by atoms with Gasteiger partial charge in [-0.15, -0.1) is 11.3 Å². The third-order valence-corrected chi connectivity index (χ3v) is 3.43. The predicted molar refractivity (Wildman–Crippen MR) is 64.5 cm³/mol. The second-order valence-corrected chi connectivity index (χ2v) is 5.92. The molecule has 0 aromatic carbocycles. The zero-order valence-electron chi connectivity index (χ0n) is 8.92. The van der Waals surface area contributed by atoms with Crippen molar-refractivity contribution in [2.24, 2.45) is 5.14 Å². The number of nitrogens with one attached hydrogen (secondary N) is 1. The number of hydrogen-bond donors (Lipinski definition) is 3. The van der Waals surface area contributed by atoms with E-state index >= 15 is 0 Å². The van der Waals surface area contributed by atoms with Gasteiger partial charge in [0.15, 0.2) is 5.13 Å². The molecular formula is C8H13N3O4S2. The second kappa shape index (κ2) is 5.94. The van der Waals surface area contributed by atoms with Gasteiger partial charge in [0.05, 0.1) is 17.9 Å². The van der Waals surface area contributed by atoms with Crippen molar-refractivity contribution in [2.75, 3.05) is 17.6 Å². The lowest BCUT2D eigenvalue weighted by atomic mass is 10.2. The highest BCUT2D eigenvalue weighted by molar-refractivity contribution is 7.89. The van der Waals surface area contributed by atoms with E-state index in [9.17, 15) is 13.2 Å². The Morgan fingerprint density at radius 3 is 2.88 bits per heavy atom. The fourth-order valence-corrected chi connectivity index (χ4v) is 2.20. The molecule has 0 atom stereocenters. The summed E-state index contributed by atoms with van der Waals surface area (Å²) in [5.41, 5.74) is 0.676. The van der Waals surface area contributed by atoms with E-state index in [2.05, 4.69) is 10.3 Å². The number of carbonyl (C=O) groups is 1. The molecular weight excluding hydrogens is 266 g/mol. The van der Waals surface area contributed by atoms with Crippen molar-refractivity contribution in [3.63, 3.8) is 0 Å². The predicted octanol–water partition coefficient (Wildman–Crippen LogP) is -0.139. The summed E-state index contributed by atoms with van der Waals surface area (Å²) in [6.45, 7) is 0.185. The zero-order chi connectivity index (χ0) is 12.9. The zero-order valence-corrected chi connectivity index (χ0v) is 10.6. The van der Waals surface area contributed by atoms with E-state index in [1.807, 2.05) is 0 Å². The number of aliphatic carboxylic acids is 1. The van der Waals surface area contributed by atoms with Crippen LogP contribution in [0.25, 0.3) is 0 Å². The number of aryl methyl sites for hydroxylation is 1. The molecule has 0 spiro atoms. The van der Waals surface area contributed by atoms with Crippen LogP contribution in [0.5, 0.6) is 0 Å². The third-order valence-electron chi connectivity index (χ3n) is 1.81. The maximum Gasteiger partial charge on any atom is 0.303 e. The summed E-state index contributed by atoms with van der Waals surface area (Å²) in [7, 11) is -3.47. The highest BCUT2D eigenvalue weighted by Crippen LogP contribution is 2.16. The Balaban J connectivity index is 2.38. The lowest BCUT2D eigenvalue weighted by molar-refractivity contribution is -0.136. The van der Waals surface area contributed by atoms with Gasteiger partial charge in [-0.25, -0.2) is 18.5 Å². The average Bonchev–Trinajstić information content (AvgIpc) is 2.61. The highest BCUT2D eigenvalue weighted by Gasteiger charge is 2.06. The highest BCUT2D eigenvalue weighted by atomic mass is 32.2. The smallest absolute Gasteiger partial charge is 0.303 e. The van der Waals surface area contributed by atoms with E-state index in [0.717, 1.165) is 0 Å². The molecule has 0 bridgehead atoms. The van der Waals surface area contributed by atoms with Crippen LogP contribution in [-0.4, -0.2) is 36.8 Å². The monoisotopic (exact) mass is 279 g/mol. The molecule has 4 N–H and O–H groups in total. The van der Waals surface area contributed by atoms with Gasteiger partial charge in [-0.05, 0) is 0 Å². The summed E-state index contributed by atoms with van der Waals surface area (Å²) in [4.78, 5) is 14.5. The van der Waals surface area contributed by atoms with Crippen molar-refractivity contribution >= 4 is 32.5 Å². The van der Waals surface area contributed by atoms with Crippen LogP contribution in [0.15, 0.2) is 5.38 Å². The van der Waals surface area contributed by atoms with Crippen LogP contribution in [0.1, 0.15) is 12.1 Å². The van der Waals surface area contributed by atoms with Crippen LogP contribution in [0, 0.1) is 0 Å². The molecule has 96 valence electrons. The molecule has 1 aromatic heterocycles. The Morgan fingerprint density at radius 2 is 2.29 bits per heavy atom. The van der Waals surface area contributed by atoms with Gasteiger partial charge < -0.3 is 10.4 Å². The third kappa shape index (κ3) is 6.19. The molecule has 1 rings (SSSR count). The lowest BCUT2D eigenvalue weighted by Crippen LogP contribution is -2.22. The average molecular weight is 279 g/mol. The number of aromatic nitrogens is 1. The van der Waals surface area contributed by atoms with Crippen molar-refractivity contribution in [1.29, 1.82) is 0 Å². The lowest BCUT2D eigenvalue weighted by Gasteiger charge is -2.00. The van der Waals surface area contributed by atoms with Crippen molar-refractivity contribution in [2.45, 2.75) is 12.8 Å². The first kappa shape index (κ1) is 13.9. The Labute approximate surface area is 103 Å². The number of anilines is 1. The topological polar surface area (TPSA) is 122 Å². The van der Waals surface area contributed by atoms with Gasteiger partial charge in [0.1, 0.15) is 0 Å². The number of primary sulfonamides is 1. The fourth-order valence-electron chi connectivity index (χ4n) is 1.04. The van der Waals surface area contributed by atoms with Gasteiger partial charge in [0, 0.05) is 18.3 Å². The molecule has 0 aliphatic carbocycles. The molecule has 9 heteroatoms. The van der Waals surface area contributed by atoms with Crippen LogP contribution in [0.3, 0.4) is 0 Å². The number of sulfonamides is 1. The van der Waals surface area contributed by atoms with Crippen LogP contribution < -0.4 is 10.5 Å².